The number of carbonyl (C=O) groups excluding carboxylic acids is 1. The minimum absolute atomic E-state index is 0.326. The molecule has 3 rings (SSSR count). The minimum atomic E-state index is -0.449. The second-order valence-corrected chi connectivity index (χ2v) is 5.72. The lowest BCUT2D eigenvalue weighted by Crippen LogP contribution is -2.34. The maximum Gasteiger partial charge on any atom is 0.338 e. The van der Waals surface area contributed by atoms with E-state index in [-0.39, 0.29) is 5.56 Å². The summed E-state index contributed by atoms with van der Waals surface area (Å²) >= 11 is 1.04. The Kier molecular flexibility index (Phi) is 4.06. The van der Waals surface area contributed by atoms with Crippen LogP contribution in [0.1, 0.15) is 12.8 Å². The predicted octanol–water partition coefficient (Wildman–Crippen LogP) is 2.27. The van der Waals surface area contributed by atoms with Gasteiger partial charge >= 0.3 is 6.03 Å². The summed E-state index contributed by atoms with van der Waals surface area (Å²) in [6.07, 6.45) is 7.49. The number of fused-ring (bicyclic) bond motifs is 1. The Balaban J connectivity index is 1.77. The molecule has 1 aliphatic rings. The highest BCUT2D eigenvalue weighted by Crippen LogP contribution is 2.18. The normalized spacial score (nSPS) is 14.4. The lowest BCUT2D eigenvalue weighted by molar-refractivity contribution is 0.244. The standard InChI is InChI=1S/C15H15N3O3S/c1-21-12-7-3-2-5-10(12)9-17-15(20)18-14(19)11-6-4-8-16-13(11)22-18/h4-8H,2-3,9H2,1H3,(H,17,20). The molecule has 0 radical (unpaired) electrons. The summed E-state index contributed by atoms with van der Waals surface area (Å²) in [6.45, 7) is 0.326. The first kappa shape index (κ1) is 14.5. The highest BCUT2D eigenvalue weighted by Gasteiger charge is 2.16. The molecule has 0 saturated carbocycles. The zero-order valence-corrected chi connectivity index (χ0v) is 12.9. The van der Waals surface area contributed by atoms with E-state index >= 15 is 0 Å². The Bertz CT molecular complexity index is 832. The second kappa shape index (κ2) is 6.15. The third kappa shape index (κ3) is 2.67. The highest BCUT2D eigenvalue weighted by atomic mass is 32.1. The highest BCUT2D eigenvalue weighted by molar-refractivity contribution is 7.14. The van der Waals surface area contributed by atoms with Crippen molar-refractivity contribution in [3.05, 3.63) is 52.2 Å². The molecule has 2 aromatic heterocycles. The van der Waals surface area contributed by atoms with Gasteiger partial charge in [-0.1, -0.05) is 6.08 Å². The summed E-state index contributed by atoms with van der Waals surface area (Å²) < 4.78 is 6.37. The molecule has 0 atom stereocenters. The molecule has 114 valence electrons. The molecule has 0 aromatic carbocycles. The number of nitrogens with zero attached hydrogens (tertiary/aromatic N) is 2. The van der Waals surface area contributed by atoms with Crippen molar-refractivity contribution in [3.8, 4) is 0 Å². The summed E-state index contributed by atoms with van der Waals surface area (Å²) in [4.78, 5) is 29.0. The number of aromatic nitrogens is 2. The lowest BCUT2D eigenvalue weighted by Gasteiger charge is -2.15. The van der Waals surface area contributed by atoms with Gasteiger partial charge < -0.3 is 10.1 Å². The molecule has 0 aliphatic heterocycles. The van der Waals surface area contributed by atoms with Gasteiger partial charge in [0.1, 0.15) is 10.6 Å². The minimum Gasteiger partial charge on any atom is -0.497 e. The van der Waals surface area contributed by atoms with E-state index < -0.39 is 6.03 Å². The molecule has 1 aliphatic carbocycles. The first-order chi connectivity index (χ1) is 10.7. The van der Waals surface area contributed by atoms with Crippen LogP contribution in [0.2, 0.25) is 0 Å². The molecule has 2 heterocycles. The number of amides is 1. The molecule has 7 heteroatoms. The fourth-order valence-electron chi connectivity index (χ4n) is 2.32. The molecular weight excluding hydrogens is 302 g/mol. The van der Waals surface area contributed by atoms with E-state index in [2.05, 4.69) is 10.3 Å². The van der Waals surface area contributed by atoms with Gasteiger partial charge in [0.25, 0.3) is 5.56 Å². The van der Waals surface area contributed by atoms with E-state index in [0.29, 0.717) is 16.8 Å². The van der Waals surface area contributed by atoms with Gasteiger partial charge in [0, 0.05) is 18.3 Å². The van der Waals surface area contributed by atoms with Crippen LogP contribution in [0.4, 0.5) is 4.79 Å². The fourth-order valence-corrected chi connectivity index (χ4v) is 3.18. The Labute approximate surface area is 130 Å². The SMILES string of the molecule is COC1=CCCC=C1CNC(=O)n1sc2ncccc2c1=O. The summed E-state index contributed by atoms with van der Waals surface area (Å²) in [5.41, 5.74) is 0.583. The van der Waals surface area contributed by atoms with E-state index in [1.807, 2.05) is 12.2 Å². The van der Waals surface area contributed by atoms with Crippen LogP contribution < -0.4 is 10.9 Å². The average Bonchev–Trinajstić information content (AvgIpc) is 2.90. The molecule has 6 nitrogen and oxygen atoms in total. The molecule has 0 spiro atoms. The molecular formula is C15H15N3O3S. The van der Waals surface area contributed by atoms with Gasteiger partial charge in [-0.15, -0.1) is 0 Å². The third-order valence-electron chi connectivity index (χ3n) is 3.40. The van der Waals surface area contributed by atoms with E-state index in [1.165, 1.54) is 0 Å². The van der Waals surface area contributed by atoms with Crippen LogP contribution in [0.25, 0.3) is 10.2 Å². The summed E-state index contributed by atoms with van der Waals surface area (Å²) in [7, 11) is 1.61. The Morgan fingerprint density at radius 2 is 2.27 bits per heavy atom. The topological polar surface area (TPSA) is 73.2 Å². The van der Waals surface area contributed by atoms with Gasteiger partial charge in [0.05, 0.1) is 12.5 Å². The van der Waals surface area contributed by atoms with Crippen molar-refractivity contribution in [2.45, 2.75) is 12.8 Å². The van der Waals surface area contributed by atoms with Crippen LogP contribution in [0.15, 0.2) is 46.6 Å². The predicted molar refractivity (Wildman–Crippen MR) is 85.1 cm³/mol. The molecule has 1 N–H and O–H groups in total. The van der Waals surface area contributed by atoms with Crippen LogP contribution in [0.5, 0.6) is 0 Å². The van der Waals surface area contributed by atoms with Crippen molar-refractivity contribution in [1.82, 2.24) is 14.3 Å². The third-order valence-corrected chi connectivity index (χ3v) is 4.41. The lowest BCUT2D eigenvalue weighted by atomic mass is 10.1. The molecule has 22 heavy (non-hydrogen) atoms. The maximum absolute atomic E-state index is 12.2. The van der Waals surface area contributed by atoms with Crippen LogP contribution >= 0.6 is 11.5 Å². The second-order valence-electron chi connectivity index (χ2n) is 4.78. The first-order valence-corrected chi connectivity index (χ1v) is 7.67. The van der Waals surface area contributed by atoms with Gasteiger partial charge in [-0.05, 0) is 42.6 Å². The Morgan fingerprint density at radius 3 is 3.05 bits per heavy atom. The van der Waals surface area contributed by atoms with Gasteiger partial charge in [0.15, 0.2) is 0 Å². The van der Waals surface area contributed by atoms with Gasteiger partial charge in [-0.3, -0.25) is 4.79 Å². The van der Waals surface area contributed by atoms with Gasteiger partial charge in [-0.25, -0.2) is 9.78 Å². The molecule has 0 saturated heterocycles. The quantitative estimate of drug-likeness (QED) is 0.942. The Hall–Kier alpha value is -2.41. The number of carbonyl (C=O) groups is 1. The van der Waals surface area contributed by atoms with Gasteiger partial charge in [-0.2, -0.15) is 3.96 Å². The van der Waals surface area contributed by atoms with E-state index in [0.717, 1.165) is 39.7 Å². The number of pyridine rings is 1. The maximum atomic E-state index is 12.2. The molecule has 2 aromatic rings. The summed E-state index contributed by atoms with van der Waals surface area (Å²) in [5, 5.41) is 3.21. The summed E-state index contributed by atoms with van der Waals surface area (Å²) in [6, 6.07) is 2.90. The molecule has 1 amide bonds. The fraction of sp³-hybridized carbons (Fsp3) is 0.267. The van der Waals surface area contributed by atoms with Crippen molar-refractivity contribution in [2.75, 3.05) is 13.7 Å². The number of nitrogens with one attached hydrogen (secondary N) is 1. The zero-order chi connectivity index (χ0) is 15.5. The van der Waals surface area contributed by atoms with E-state index in [9.17, 15) is 9.59 Å². The zero-order valence-electron chi connectivity index (χ0n) is 12.0. The molecule has 0 fully saturated rings. The number of rotatable bonds is 3. The Morgan fingerprint density at radius 1 is 1.45 bits per heavy atom. The van der Waals surface area contributed by atoms with Crippen molar-refractivity contribution in [3.63, 3.8) is 0 Å². The van der Waals surface area contributed by atoms with Gasteiger partial charge in [0.2, 0.25) is 0 Å². The summed E-state index contributed by atoms with van der Waals surface area (Å²) in [5.74, 6) is 0.775. The van der Waals surface area contributed by atoms with Crippen LogP contribution in [0, 0.1) is 0 Å². The van der Waals surface area contributed by atoms with Crippen molar-refractivity contribution >= 4 is 27.8 Å². The van der Waals surface area contributed by atoms with Crippen LogP contribution in [-0.2, 0) is 4.74 Å². The monoisotopic (exact) mass is 317 g/mol. The number of methoxy groups -OCH3 is 1. The van der Waals surface area contributed by atoms with Crippen LogP contribution in [0.3, 0.4) is 0 Å². The van der Waals surface area contributed by atoms with Crippen molar-refractivity contribution in [1.29, 1.82) is 0 Å². The van der Waals surface area contributed by atoms with Crippen molar-refractivity contribution in [2.24, 2.45) is 0 Å². The number of hydrogen-bond donors (Lipinski definition) is 1. The van der Waals surface area contributed by atoms with E-state index in [4.69, 9.17) is 4.74 Å². The largest absolute Gasteiger partial charge is 0.497 e. The number of allylic oxidation sites excluding steroid dienone is 2. The number of hydrogen-bond acceptors (Lipinski definition) is 5. The molecule has 0 bridgehead atoms. The van der Waals surface area contributed by atoms with Crippen LogP contribution in [-0.4, -0.2) is 28.6 Å². The first-order valence-electron chi connectivity index (χ1n) is 6.89. The van der Waals surface area contributed by atoms with E-state index in [1.54, 1.807) is 25.4 Å². The number of ether oxygens (including phenoxy) is 1. The average molecular weight is 317 g/mol. The molecule has 0 unspecified atom stereocenters. The smallest absolute Gasteiger partial charge is 0.338 e. The van der Waals surface area contributed by atoms with Crippen molar-refractivity contribution < 1.29 is 9.53 Å².